The standard InChI is InChI=1S/C41H37Cl2N5O7/c42-30-9-3-1-7-28(30)35(49)40(53)47-21-5-11-32(47)37(51)45-26-17-13-24(14-18-26)34-23-44-39(55-34)25-15-19-27(20-16-25)46-38(52)33-12-6-22-48(33)41(54)36(50)29-8-2-4-10-31(29)43/h1-4,7-10,13-20,23,32-33,35-36,49-50H,5-6,11-12,21-22H2,(H,45,51)(H,46,52)/t32-,33-,35+,36+/m0/s1. The van der Waals surface area contributed by atoms with Gasteiger partial charge < -0.3 is 35.1 Å². The number of amides is 4. The lowest BCUT2D eigenvalue weighted by Gasteiger charge is -2.26. The number of carbonyl (C=O) groups is 4. The summed E-state index contributed by atoms with van der Waals surface area (Å²) in [5.41, 5.74) is 3.02. The Morgan fingerprint density at radius 1 is 0.655 bits per heavy atom. The molecule has 0 aliphatic carbocycles. The monoisotopic (exact) mass is 781 g/mol. The number of nitrogens with one attached hydrogen (secondary N) is 2. The van der Waals surface area contributed by atoms with Gasteiger partial charge in [0, 0.05) is 56.8 Å². The van der Waals surface area contributed by atoms with Gasteiger partial charge in [-0.3, -0.25) is 19.2 Å². The van der Waals surface area contributed by atoms with Gasteiger partial charge in [0.1, 0.15) is 12.1 Å². The van der Waals surface area contributed by atoms with E-state index in [1.165, 1.54) is 9.80 Å². The highest BCUT2D eigenvalue weighted by Crippen LogP contribution is 2.32. The number of rotatable bonds is 10. The van der Waals surface area contributed by atoms with Gasteiger partial charge in [-0.1, -0.05) is 59.6 Å². The Morgan fingerprint density at radius 2 is 1.09 bits per heavy atom. The minimum atomic E-state index is -1.47. The van der Waals surface area contributed by atoms with E-state index < -0.39 is 36.1 Å². The number of nitrogens with zero attached hydrogens (tertiary/aromatic N) is 3. The Morgan fingerprint density at radius 3 is 1.55 bits per heavy atom. The topological polar surface area (TPSA) is 165 Å². The number of benzene rings is 4. The first-order valence-corrected chi connectivity index (χ1v) is 18.6. The first-order chi connectivity index (χ1) is 26.6. The number of aromatic nitrogens is 1. The number of carbonyl (C=O) groups excluding carboxylic acids is 4. The molecule has 2 saturated heterocycles. The number of anilines is 2. The molecule has 3 heterocycles. The van der Waals surface area contributed by atoms with E-state index in [1.54, 1.807) is 103 Å². The van der Waals surface area contributed by atoms with Gasteiger partial charge >= 0.3 is 0 Å². The molecule has 0 radical (unpaired) electrons. The maximum atomic E-state index is 13.3. The molecule has 4 amide bonds. The molecule has 7 rings (SSSR count). The van der Waals surface area contributed by atoms with Crippen LogP contribution in [0, 0.1) is 0 Å². The molecule has 2 fully saturated rings. The van der Waals surface area contributed by atoms with Crippen molar-refractivity contribution in [2.45, 2.75) is 50.0 Å². The van der Waals surface area contributed by atoms with Gasteiger partial charge in [0.25, 0.3) is 11.8 Å². The van der Waals surface area contributed by atoms with E-state index >= 15 is 0 Å². The summed E-state index contributed by atoms with van der Waals surface area (Å²) in [4.78, 5) is 60.0. The molecule has 0 spiro atoms. The summed E-state index contributed by atoms with van der Waals surface area (Å²) in [5, 5.41) is 27.8. The third kappa shape index (κ3) is 8.13. The molecule has 1 aromatic heterocycles. The quantitative estimate of drug-likeness (QED) is 0.122. The molecule has 5 aromatic rings. The Balaban J connectivity index is 0.941. The highest BCUT2D eigenvalue weighted by molar-refractivity contribution is 6.32. The lowest BCUT2D eigenvalue weighted by Crippen LogP contribution is -2.45. The van der Waals surface area contributed by atoms with Crippen LogP contribution in [0.1, 0.15) is 49.0 Å². The third-order valence-electron chi connectivity index (χ3n) is 9.89. The van der Waals surface area contributed by atoms with Crippen LogP contribution in [0.25, 0.3) is 22.8 Å². The molecule has 2 aliphatic rings. The number of aliphatic hydroxyl groups is 2. The van der Waals surface area contributed by atoms with E-state index in [4.69, 9.17) is 27.6 Å². The van der Waals surface area contributed by atoms with Gasteiger partial charge in [-0.25, -0.2) is 4.98 Å². The zero-order valence-electron chi connectivity index (χ0n) is 29.4. The molecule has 12 nitrogen and oxygen atoms in total. The van der Waals surface area contributed by atoms with Gasteiger partial charge in [-0.05, 0) is 86.3 Å². The summed E-state index contributed by atoms with van der Waals surface area (Å²) in [6, 6.07) is 25.6. The molecule has 4 aromatic carbocycles. The molecule has 4 atom stereocenters. The van der Waals surface area contributed by atoms with Crippen molar-refractivity contribution in [2.75, 3.05) is 23.7 Å². The van der Waals surface area contributed by atoms with Crippen molar-refractivity contribution in [2.24, 2.45) is 0 Å². The molecular weight excluding hydrogens is 745 g/mol. The van der Waals surface area contributed by atoms with Crippen LogP contribution in [-0.4, -0.2) is 73.8 Å². The average molecular weight is 783 g/mol. The minimum absolute atomic E-state index is 0.276. The normalized spacial score (nSPS) is 17.8. The van der Waals surface area contributed by atoms with E-state index in [0.29, 0.717) is 78.5 Å². The summed E-state index contributed by atoms with van der Waals surface area (Å²) in [6.07, 6.45) is 0.835. The number of aliphatic hydroxyl groups excluding tert-OH is 2. The van der Waals surface area contributed by atoms with Crippen LogP contribution in [0.3, 0.4) is 0 Å². The zero-order valence-corrected chi connectivity index (χ0v) is 30.9. The lowest BCUT2D eigenvalue weighted by molar-refractivity contribution is -0.144. The number of oxazole rings is 1. The average Bonchev–Trinajstić information content (AvgIpc) is 4.00. The van der Waals surface area contributed by atoms with Crippen LogP contribution in [-0.2, 0) is 19.2 Å². The van der Waals surface area contributed by atoms with E-state index in [2.05, 4.69) is 15.6 Å². The van der Waals surface area contributed by atoms with Crippen molar-refractivity contribution in [3.63, 3.8) is 0 Å². The summed E-state index contributed by atoms with van der Waals surface area (Å²) < 4.78 is 6.04. The fraction of sp³-hybridized carbons (Fsp3) is 0.244. The second-order valence-corrected chi connectivity index (χ2v) is 14.2. The molecule has 0 bridgehead atoms. The predicted octanol–water partition coefficient (Wildman–Crippen LogP) is 6.64. The third-order valence-corrected chi connectivity index (χ3v) is 10.6. The van der Waals surface area contributed by atoms with Crippen LogP contribution < -0.4 is 10.6 Å². The lowest BCUT2D eigenvalue weighted by atomic mass is 10.1. The van der Waals surface area contributed by atoms with Crippen molar-refractivity contribution in [3.8, 4) is 22.8 Å². The molecule has 14 heteroatoms. The maximum Gasteiger partial charge on any atom is 0.256 e. The smallest absolute Gasteiger partial charge is 0.256 e. The van der Waals surface area contributed by atoms with Crippen LogP contribution >= 0.6 is 23.2 Å². The predicted molar refractivity (Wildman–Crippen MR) is 207 cm³/mol. The van der Waals surface area contributed by atoms with Crippen molar-refractivity contribution < 1.29 is 33.8 Å². The maximum absolute atomic E-state index is 13.3. The van der Waals surface area contributed by atoms with Crippen LogP contribution in [0.15, 0.2) is 108 Å². The Kier molecular flexibility index (Phi) is 11.3. The molecule has 55 heavy (non-hydrogen) atoms. The van der Waals surface area contributed by atoms with Gasteiger partial charge in [0.05, 0.1) is 6.20 Å². The Labute approximate surface area is 326 Å². The van der Waals surface area contributed by atoms with E-state index in [0.717, 1.165) is 5.56 Å². The SMILES string of the molecule is O=C(Nc1ccc(-c2cnc(-c3ccc(NC(=O)[C@@H]4CCCN4C(=O)[C@H](O)c4ccccc4Cl)cc3)o2)cc1)[C@@H]1CCCN1C(=O)[C@H](O)c1ccccc1Cl. The minimum Gasteiger partial charge on any atom is -0.436 e. The van der Waals surface area contributed by atoms with Crippen LogP contribution in [0.2, 0.25) is 10.0 Å². The second-order valence-electron chi connectivity index (χ2n) is 13.4. The Bertz CT molecular complexity index is 2060. The van der Waals surface area contributed by atoms with E-state index in [1.807, 2.05) is 0 Å². The molecule has 4 N–H and O–H groups in total. The zero-order chi connectivity index (χ0) is 38.6. The molecule has 0 saturated carbocycles. The van der Waals surface area contributed by atoms with Crippen molar-refractivity contribution in [3.05, 3.63) is 124 Å². The number of hydrogen-bond donors (Lipinski definition) is 4. The van der Waals surface area contributed by atoms with E-state index in [9.17, 15) is 29.4 Å². The highest BCUT2D eigenvalue weighted by atomic mass is 35.5. The summed E-state index contributed by atoms with van der Waals surface area (Å²) in [7, 11) is 0. The summed E-state index contributed by atoms with van der Waals surface area (Å²) >= 11 is 12.4. The van der Waals surface area contributed by atoms with Crippen LogP contribution in [0.4, 0.5) is 11.4 Å². The first-order valence-electron chi connectivity index (χ1n) is 17.8. The largest absolute Gasteiger partial charge is 0.436 e. The van der Waals surface area contributed by atoms with Crippen molar-refractivity contribution >= 4 is 58.2 Å². The fourth-order valence-electron chi connectivity index (χ4n) is 6.99. The van der Waals surface area contributed by atoms with Crippen LogP contribution in [0.5, 0.6) is 0 Å². The molecule has 2 aliphatic heterocycles. The molecular formula is C41H37Cl2N5O7. The fourth-order valence-corrected chi connectivity index (χ4v) is 7.46. The second kappa shape index (κ2) is 16.5. The van der Waals surface area contributed by atoms with Gasteiger partial charge in [-0.15, -0.1) is 0 Å². The first kappa shape index (κ1) is 37.8. The van der Waals surface area contributed by atoms with E-state index in [-0.39, 0.29) is 21.9 Å². The molecule has 0 unspecified atom stereocenters. The number of likely N-dealkylation sites (tertiary alicyclic amines) is 2. The highest BCUT2D eigenvalue weighted by Gasteiger charge is 2.39. The van der Waals surface area contributed by atoms with Gasteiger partial charge in [-0.2, -0.15) is 0 Å². The number of halogens is 2. The summed E-state index contributed by atoms with van der Waals surface area (Å²) in [5.74, 6) is -1.00. The van der Waals surface area contributed by atoms with Gasteiger partial charge in [0.15, 0.2) is 18.0 Å². The molecule has 282 valence electrons. The van der Waals surface area contributed by atoms with Crippen molar-refractivity contribution in [1.29, 1.82) is 0 Å². The van der Waals surface area contributed by atoms with Gasteiger partial charge in [0.2, 0.25) is 17.7 Å². The Hall–Kier alpha value is -5.53. The number of hydrogen-bond acceptors (Lipinski definition) is 8. The van der Waals surface area contributed by atoms with Crippen molar-refractivity contribution in [1.82, 2.24) is 14.8 Å². The summed E-state index contributed by atoms with van der Waals surface area (Å²) in [6.45, 7) is 0.696.